The number of fused-ring (bicyclic) bond motifs is 1. The third kappa shape index (κ3) is 6.27. The fraction of sp³-hybridized carbons (Fsp3) is 0.263. The van der Waals surface area contributed by atoms with Gasteiger partial charge in [0.05, 0.1) is 5.02 Å². The Morgan fingerprint density at radius 2 is 1.83 bits per heavy atom. The molecule has 1 N–H and O–H groups in total. The number of aliphatic carboxylic acids is 1. The molecule has 0 saturated heterocycles. The summed E-state index contributed by atoms with van der Waals surface area (Å²) in [7, 11) is 0. The van der Waals surface area contributed by atoms with E-state index < -0.39 is 18.9 Å². The minimum Gasteiger partial charge on any atom is -0.480 e. The number of hydrogen-bond acceptors (Lipinski definition) is 4. The van der Waals surface area contributed by atoms with E-state index in [0.717, 1.165) is 5.56 Å². The summed E-state index contributed by atoms with van der Waals surface area (Å²) in [5.74, 6) is -1.28. The molecule has 0 radical (unpaired) electrons. The molecule has 0 amide bonds. The van der Waals surface area contributed by atoms with E-state index in [2.05, 4.69) is 4.74 Å². The monoisotopic (exact) mass is 450 g/mol. The topological polar surface area (TPSA) is 72.8 Å². The second-order valence-electron chi connectivity index (χ2n) is 6.05. The Balaban J connectivity index is 0.000000234. The minimum atomic E-state index is -4.60. The van der Waals surface area contributed by atoms with Crippen LogP contribution >= 0.6 is 23.2 Å². The molecule has 2 aromatic rings. The van der Waals surface area contributed by atoms with Gasteiger partial charge in [-0.05, 0) is 30.2 Å². The average Bonchev–Trinajstić information content (AvgIpc) is 2.91. The van der Waals surface area contributed by atoms with E-state index >= 15 is 0 Å². The highest BCUT2D eigenvalue weighted by molar-refractivity contribution is 6.45. The number of hydrogen-bond donors (Lipinski definition) is 1. The molecule has 0 fully saturated rings. The first-order chi connectivity index (χ1) is 13.5. The maximum atomic E-state index is 11.9. The van der Waals surface area contributed by atoms with Crippen molar-refractivity contribution in [3.05, 3.63) is 57.6 Å². The van der Waals surface area contributed by atoms with Crippen LogP contribution < -0.4 is 9.47 Å². The molecule has 1 aliphatic carbocycles. The van der Waals surface area contributed by atoms with Crippen LogP contribution in [-0.4, -0.2) is 29.8 Å². The molecule has 29 heavy (non-hydrogen) atoms. The van der Waals surface area contributed by atoms with Crippen molar-refractivity contribution in [3.8, 4) is 11.5 Å². The van der Waals surface area contributed by atoms with Gasteiger partial charge in [-0.1, -0.05) is 48.3 Å². The van der Waals surface area contributed by atoms with Crippen LogP contribution in [-0.2, 0) is 11.2 Å². The largest absolute Gasteiger partial charge is 0.573 e. The third-order valence-electron chi connectivity index (χ3n) is 3.80. The summed E-state index contributed by atoms with van der Waals surface area (Å²) in [6, 6.07) is 8.64. The van der Waals surface area contributed by atoms with E-state index in [-0.39, 0.29) is 33.2 Å². The summed E-state index contributed by atoms with van der Waals surface area (Å²) in [4.78, 5) is 22.3. The van der Waals surface area contributed by atoms with Crippen molar-refractivity contribution in [1.82, 2.24) is 0 Å². The van der Waals surface area contributed by atoms with E-state index in [1.807, 2.05) is 6.92 Å². The van der Waals surface area contributed by atoms with E-state index in [1.165, 1.54) is 24.3 Å². The molecule has 0 aromatic heterocycles. The van der Waals surface area contributed by atoms with E-state index in [0.29, 0.717) is 12.0 Å². The number of para-hydroxylation sites is 1. The summed E-state index contributed by atoms with van der Waals surface area (Å²) in [6.45, 7) is 1.31. The second-order valence-corrected chi connectivity index (χ2v) is 6.81. The van der Waals surface area contributed by atoms with Gasteiger partial charge in [0.15, 0.2) is 12.4 Å². The fourth-order valence-electron chi connectivity index (χ4n) is 2.62. The van der Waals surface area contributed by atoms with E-state index in [9.17, 15) is 22.8 Å². The lowest BCUT2D eigenvalue weighted by atomic mass is 10.1. The Hall–Kier alpha value is -2.45. The molecule has 10 heteroatoms. The van der Waals surface area contributed by atoms with Crippen molar-refractivity contribution in [2.45, 2.75) is 19.7 Å². The third-order valence-corrected chi connectivity index (χ3v) is 4.65. The number of carbonyl (C=O) groups excluding carboxylic acids is 1. The number of halogens is 5. The zero-order chi connectivity index (χ0) is 21.8. The first-order valence-corrected chi connectivity index (χ1v) is 8.95. The number of alkyl halides is 3. The smallest absolute Gasteiger partial charge is 0.480 e. The highest BCUT2D eigenvalue weighted by atomic mass is 35.5. The van der Waals surface area contributed by atoms with Gasteiger partial charge in [-0.2, -0.15) is 0 Å². The Bertz CT molecular complexity index is 901. The van der Waals surface area contributed by atoms with Crippen LogP contribution in [0.4, 0.5) is 13.2 Å². The van der Waals surface area contributed by atoms with Gasteiger partial charge in [0.25, 0.3) is 0 Å². The van der Waals surface area contributed by atoms with Crippen molar-refractivity contribution in [3.63, 3.8) is 0 Å². The van der Waals surface area contributed by atoms with Crippen LogP contribution in [0.5, 0.6) is 11.5 Å². The Morgan fingerprint density at radius 3 is 2.38 bits per heavy atom. The second kappa shape index (κ2) is 9.37. The van der Waals surface area contributed by atoms with Gasteiger partial charge in [0.2, 0.25) is 0 Å². The number of benzene rings is 2. The summed E-state index contributed by atoms with van der Waals surface area (Å²) in [6.07, 6.45) is -4.03. The SMILES string of the molecule is CC1Cc2cc(OCC(=O)O)c(Cl)c(Cl)c2C1=O.FC(F)(F)Oc1ccccc1. The van der Waals surface area contributed by atoms with Gasteiger partial charge in [-0.3, -0.25) is 4.79 Å². The van der Waals surface area contributed by atoms with Crippen molar-refractivity contribution in [1.29, 1.82) is 0 Å². The number of ether oxygens (including phenoxy) is 2. The molecule has 0 bridgehead atoms. The molecular weight excluding hydrogens is 436 g/mol. The predicted molar refractivity (Wildman–Crippen MR) is 99.9 cm³/mol. The van der Waals surface area contributed by atoms with Crippen LogP contribution in [0.3, 0.4) is 0 Å². The maximum absolute atomic E-state index is 11.9. The normalized spacial score (nSPS) is 15.2. The lowest BCUT2D eigenvalue weighted by molar-refractivity contribution is -0.274. The van der Waals surface area contributed by atoms with Crippen LogP contribution in [0.1, 0.15) is 22.8 Å². The number of carbonyl (C=O) groups is 2. The standard InChI is InChI=1S/C12H10Cl2O4.C7H5F3O/c1-5-2-6-3-7(18-4-8(15)16)10(13)11(14)9(6)12(5)17;8-7(9,10)11-6-4-2-1-3-5-6/h3,5H,2,4H2,1H3,(H,15,16);1-5H. The Labute approximate surface area is 173 Å². The lowest BCUT2D eigenvalue weighted by Gasteiger charge is -2.10. The van der Waals surface area contributed by atoms with Crippen LogP contribution in [0.2, 0.25) is 10.0 Å². The molecule has 0 aliphatic heterocycles. The van der Waals surface area contributed by atoms with Crippen molar-refractivity contribution in [2.75, 3.05) is 6.61 Å². The predicted octanol–water partition coefficient (Wildman–Crippen LogP) is 5.42. The van der Waals surface area contributed by atoms with Crippen molar-refractivity contribution in [2.24, 2.45) is 5.92 Å². The summed E-state index contributed by atoms with van der Waals surface area (Å²) in [5.41, 5.74) is 1.18. The molecule has 2 aromatic carbocycles. The van der Waals surface area contributed by atoms with E-state index in [1.54, 1.807) is 12.1 Å². The summed E-state index contributed by atoms with van der Waals surface area (Å²) in [5, 5.41) is 8.78. The molecule has 1 atom stereocenters. The first-order valence-electron chi connectivity index (χ1n) is 8.20. The quantitative estimate of drug-likeness (QED) is 0.673. The zero-order valence-electron chi connectivity index (χ0n) is 14.9. The average molecular weight is 451 g/mol. The zero-order valence-corrected chi connectivity index (χ0v) is 16.4. The first kappa shape index (κ1) is 22.8. The molecule has 156 valence electrons. The maximum Gasteiger partial charge on any atom is 0.573 e. The molecule has 3 rings (SSSR count). The van der Waals surface area contributed by atoms with Gasteiger partial charge < -0.3 is 14.6 Å². The molecule has 0 heterocycles. The molecular formula is C19H15Cl2F3O5. The van der Waals surface area contributed by atoms with Crippen LogP contribution in [0, 0.1) is 5.92 Å². The summed E-state index contributed by atoms with van der Waals surface area (Å²) >= 11 is 12.0. The molecule has 1 unspecified atom stereocenters. The van der Waals surface area contributed by atoms with Crippen molar-refractivity contribution >= 4 is 35.0 Å². The van der Waals surface area contributed by atoms with Gasteiger partial charge in [0.1, 0.15) is 16.5 Å². The highest BCUT2D eigenvalue weighted by Crippen LogP contribution is 2.42. The lowest BCUT2D eigenvalue weighted by Crippen LogP contribution is -2.16. The molecule has 0 spiro atoms. The van der Waals surface area contributed by atoms with Crippen molar-refractivity contribution < 1.29 is 37.3 Å². The number of Topliss-reactive ketones (excluding diaryl/α,β-unsaturated/α-hetero) is 1. The number of rotatable bonds is 4. The molecule has 0 saturated carbocycles. The number of carboxylic acids is 1. The van der Waals surface area contributed by atoms with Gasteiger partial charge >= 0.3 is 12.3 Å². The number of ketones is 1. The number of carboxylic acid groups (broad SMARTS) is 1. The Kier molecular flexibility index (Phi) is 7.37. The van der Waals surface area contributed by atoms with Gasteiger partial charge in [-0.25, -0.2) is 4.79 Å². The minimum absolute atomic E-state index is 0.0401. The molecule has 1 aliphatic rings. The van der Waals surface area contributed by atoms with Gasteiger partial charge in [0, 0.05) is 11.5 Å². The Morgan fingerprint density at radius 1 is 1.21 bits per heavy atom. The summed E-state index contributed by atoms with van der Waals surface area (Å²) < 4.78 is 43.2. The van der Waals surface area contributed by atoms with Gasteiger partial charge in [-0.15, -0.1) is 13.2 Å². The van der Waals surface area contributed by atoms with Crippen LogP contribution in [0.15, 0.2) is 36.4 Å². The van der Waals surface area contributed by atoms with E-state index in [4.69, 9.17) is 33.0 Å². The highest BCUT2D eigenvalue weighted by Gasteiger charge is 2.32. The molecule has 5 nitrogen and oxygen atoms in total. The fourth-order valence-corrected chi connectivity index (χ4v) is 3.13. The van der Waals surface area contributed by atoms with Crippen LogP contribution in [0.25, 0.3) is 0 Å².